The van der Waals surface area contributed by atoms with Crippen molar-refractivity contribution in [3.05, 3.63) is 36.0 Å². The van der Waals surface area contributed by atoms with Gasteiger partial charge in [-0.25, -0.2) is 9.97 Å². The van der Waals surface area contributed by atoms with Gasteiger partial charge < -0.3 is 5.32 Å². The van der Waals surface area contributed by atoms with Crippen LogP contribution in [0.5, 0.6) is 0 Å². The van der Waals surface area contributed by atoms with E-state index in [2.05, 4.69) is 20.4 Å². The molecule has 80 valence electrons. The highest BCUT2D eigenvalue weighted by molar-refractivity contribution is 5.38. The van der Waals surface area contributed by atoms with E-state index in [1.54, 1.807) is 23.1 Å². The molecule has 2 aromatic rings. The number of rotatable bonds is 3. The number of hydrogen-bond acceptors (Lipinski definition) is 5. The van der Waals surface area contributed by atoms with E-state index in [-0.39, 0.29) is 0 Å². The molecule has 0 spiro atoms. The van der Waals surface area contributed by atoms with E-state index in [0.717, 1.165) is 0 Å². The summed E-state index contributed by atoms with van der Waals surface area (Å²) in [5.74, 6) is 1.40. The molecule has 6 nitrogen and oxygen atoms in total. The topological polar surface area (TPSA) is 79.4 Å². The molecule has 2 heterocycles. The summed E-state index contributed by atoms with van der Waals surface area (Å²) in [7, 11) is 1.82. The summed E-state index contributed by atoms with van der Waals surface area (Å²) in [6, 6.07) is 5.47. The minimum atomic E-state index is 0.514. The third-order valence-electron chi connectivity index (χ3n) is 1.97. The van der Waals surface area contributed by atoms with Crippen molar-refractivity contribution in [1.82, 2.24) is 19.7 Å². The average molecular weight is 214 g/mol. The van der Waals surface area contributed by atoms with Gasteiger partial charge >= 0.3 is 0 Å². The summed E-state index contributed by atoms with van der Waals surface area (Å²) in [4.78, 5) is 8.15. The molecule has 0 bridgehead atoms. The first-order chi connectivity index (χ1) is 7.78. The predicted octanol–water partition coefficient (Wildman–Crippen LogP) is 0.694. The smallest absolute Gasteiger partial charge is 0.169 e. The Balaban J connectivity index is 1.97. The van der Waals surface area contributed by atoms with E-state index >= 15 is 0 Å². The monoisotopic (exact) mass is 214 g/mol. The highest BCUT2D eigenvalue weighted by Gasteiger charge is 1.99. The maximum absolute atomic E-state index is 8.61. The fourth-order valence-electron chi connectivity index (χ4n) is 1.20. The molecular weight excluding hydrogens is 204 g/mol. The number of nitrogens with one attached hydrogen (secondary N) is 1. The van der Waals surface area contributed by atoms with Crippen LogP contribution in [0.15, 0.2) is 24.7 Å². The number of anilines is 1. The van der Waals surface area contributed by atoms with Crippen LogP contribution in [0.3, 0.4) is 0 Å². The van der Waals surface area contributed by atoms with Crippen molar-refractivity contribution < 1.29 is 0 Å². The molecule has 1 N–H and O–H groups in total. The van der Waals surface area contributed by atoms with Gasteiger partial charge in [-0.3, -0.25) is 4.68 Å². The Labute approximate surface area is 92.6 Å². The van der Waals surface area contributed by atoms with Crippen LogP contribution in [-0.4, -0.2) is 19.7 Å². The summed E-state index contributed by atoms with van der Waals surface area (Å²) in [5.41, 5.74) is 0.543. The Kier molecular flexibility index (Phi) is 2.78. The number of nitriles is 1. The van der Waals surface area contributed by atoms with Crippen LogP contribution < -0.4 is 5.32 Å². The number of aryl methyl sites for hydroxylation is 1. The largest absolute Gasteiger partial charge is 0.363 e. The van der Waals surface area contributed by atoms with Crippen molar-refractivity contribution in [1.29, 1.82) is 5.26 Å². The van der Waals surface area contributed by atoms with Crippen LogP contribution in [0.2, 0.25) is 0 Å². The molecule has 2 aromatic heterocycles. The van der Waals surface area contributed by atoms with Crippen molar-refractivity contribution in [3.63, 3.8) is 0 Å². The SMILES string of the molecule is Cn1cnc(CNc2ccc(C#N)cn2)n1. The van der Waals surface area contributed by atoms with Crippen molar-refractivity contribution in [2.24, 2.45) is 7.05 Å². The van der Waals surface area contributed by atoms with Crippen molar-refractivity contribution in [2.45, 2.75) is 6.54 Å². The van der Waals surface area contributed by atoms with Crippen LogP contribution in [-0.2, 0) is 13.6 Å². The lowest BCUT2D eigenvalue weighted by Gasteiger charge is -2.01. The minimum absolute atomic E-state index is 0.514. The van der Waals surface area contributed by atoms with Crippen LogP contribution in [0.25, 0.3) is 0 Å². The summed E-state index contributed by atoms with van der Waals surface area (Å²) >= 11 is 0. The van der Waals surface area contributed by atoms with E-state index < -0.39 is 0 Å². The molecule has 0 amide bonds. The number of hydrogen-bond donors (Lipinski definition) is 1. The second-order valence-electron chi connectivity index (χ2n) is 3.23. The highest BCUT2D eigenvalue weighted by Crippen LogP contribution is 2.04. The van der Waals surface area contributed by atoms with Gasteiger partial charge in [-0.15, -0.1) is 0 Å². The molecule has 0 saturated heterocycles. The molecule has 0 saturated carbocycles. The zero-order valence-electron chi connectivity index (χ0n) is 8.75. The van der Waals surface area contributed by atoms with E-state index in [1.165, 1.54) is 6.20 Å². The van der Waals surface area contributed by atoms with E-state index in [4.69, 9.17) is 5.26 Å². The third-order valence-corrected chi connectivity index (χ3v) is 1.97. The Hall–Kier alpha value is -2.42. The van der Waals surface area contributed by atoms with Crippen LogP contribution in [0.1, 0.15) is 11.4 Å². The van der Waals surface area contributed by atoms with Crippen LogP contribution >= 0.6 is 0 Å². The number of aromatic nitrogens is 4. The third kappa shape index (κ3) is 2.33. The summed E-state index contributed by atoms with van der Waals surface area (Å²) in [5, 5.41) is 15.8. The van der Waals surface area contributed by atoms with Gasteiger partial charge in [-0.2, -0.15) is 10.4 Å². The van der Waals surface area contributed by atoms with Crippen molar-refractivity contribution in [2.75, 3.05) is 5.32 Å². The quantitative estimate of drug-likeness (QED) is 0.813. The van der Waals surface area contributed by atoms with E-state index in [1.807, 2.05) is 13.1 Å². The molecule has 0 aliphatic heterocycles. The van der Waals surface area contributed by atoms with E-state index in [0.29, 0.717) is 23.8 Å². The normalized spacial score (nSPS) is 9.75. The Bertz CT molecular complexity index is 507. The lowest BCUT2D eigenvalue weighted by molar-refractivity contribution is 0.747. The molecular formula is C10H10N6. The van der Waals surface area contributed by atoms with Crippen molar-refractivity contribution in [3.8, 4) is 6.07 Å². The minimum Gasteiger partial charge on any atom is -0.363 e. The van der Waals surface area contributed by atoms with Crippen molar-refractivity contribution >= 4 is 5.82 Å². The molecule has 0 atom stereocenters. The Morgan fingerprint density at radius 3 is 2.88 bits per heavy atom. The average Bonchev–Trinajstić information content (AvgIpc) is 2.73. The molecule has 2 rings (SSSR count). The molecule has 0 radical (unpaired) electrons. The van der Waals surface area contributed by atoms with Gasteiger partial charge in [0, 0.05) is 13.2 Å². The maximum atomic E-state index is 8.61. The zero-order valence-corrected chi connectivity index (χ0v) is 8.75. The molecule has 0 unspecified atom stereocenters. The van der Waals surface area contributed by atoms with Crippen LogP contribution in [0, 0.1) is 11.3 Å². The van der Waals surface area contributed by atoms with Gasteiger partial charge in [0.1, 0.15) is 18.2 Å². The lowest BCUT2D eigenvalue weighted by Crippen LogP contribution is -2.03. The standard InChI is InChI=1S/C10H10N6/c1-16-7-14-10(15-16)6-13-9-3-2-8(4-11)5-12-9/h2-3,5,7H,6H2,1H3,(H,12,13). The first-order valence-electron chi connectivity index (χ1n) is 4.72. The lowest BCUT2D eigenvalue weighted by atomic mass is 10.3. The molecule has 0 fully saturated rings. The number of pyridine rings is 1. The highest BCUT2D eigenvalue weighted by atomic mass is 15.3. The first-order valence-corrected chi connectivity index (χ1v) is 4.72. The van der Waals surface area contributed by atoms with Gasteiger partial charge in [0.25, 0.3) is 0 Å². The fourth-order valence-corrected chi connectivity index (χ4v) is 1.20. The molecule has 0 aromatic carbocycles. The Morgan fingerprint density at radius 2 is 2.31 bits per heavy atom. The maximum Gasteiger partial charge on any atom is 0.169 e. The van der Waals surface area contributed by atoms with Gasteiger partial charge in [-0.05, 0) is 12.1 Å². The number of nitrogens with zero attached hydrogens (tertiary/aromatic N) is 5. The van der Waals surface area contributed by atoms with Gasteiger partial charge in [-0.1, -0.05) is 0 Å². The predicted molar refractivity (Wildman–Crippen MR) is 57.3 cm³/mol. The fraction of sp³-hybridized carbons (Fsp3) is 0.200. The second-order valence-corrected chi connectivity index (χ2v) is 3.23. The van der Waals surface area contributed by atoms with Gasteiger partial charge in [0.2, 0.25) is 0 Å². The van der Waals surface area contributed by atoms with Gasteiger partial charge in [0.15, 0.2) is 5.82 Å². The first kappa shape index (κ1) is 10.1. The molecule has 6 heteroatoms. The molecule has 0 aliphatic carbocycles. The summed E-state index contributed by atoms with van der Waals surface area (Å²) < 4.78 is 1.64. The molecule has 16 heavy (non-hydrogen) atoms. The second kappa shape index (κ2) is 4.40. The molecule has 0 aliphatic rings. The van der Waals surface area contributed by atoms with Gasteiger partial charge in [0.05, 0.1) is 12.1 Å². The van der Waals surface area contributed by atoms with Crippen LogP contribution in [0.4, 0.5) is 5.82 Å². The summed E-state index contributed by atoms with van der Waals surface area (Å²) in [6.45, 7) is 0.514. The summed E-state index contributed by atoms with van der Waals surface area (Å²) in [6.07, 6.45) is 3.16. The zero-order chi connectivity index (χ0) is 11.4. The Morgan fingerprint density at radius 1 is 1.44 bits per heavy atom. The van der Waals surface area contributed by atoms with E-state index in [9.17, 15) is 0 Å².